The normalized spacial score (nSPS) is 19.2. The summed E-state index contributed by atoms with van der Waals surface area (Å²) in [6.45, 7) is 0.451. The van der Waals surface area contributed by atoms with Gasteiger partial charge in [-0.05, 0) is 48.7 Å². The van der Waals surface area contributed by atoms with Crippen LogP contribution in [0, 0.1) is 0 Å². The lowest BCUT2D eigenvalue weighted by Crippen LogP contribution is -2.18. The fraction of sp³-hybridized carbons (Fsp3) is 0.250. The number of hydrogen-bond acceptors (Lipinski definition) is 6. The molecule has 1 aliphatic rings. The van der Waals surface area contributed by atoms with Gasteiger partial charge in [-0.2, -0.15) is 4.98 Å². The van der Waals surface area contributed by atoms with E-state index >= 15 is 0 Å². The maximum atomic E-state index is 6.18. The first-order valence-electron chi connectivity index (χ1n) is 9.20. The van der Waals surface area contributed by atoms with E-state index in [9.17, 15) is 0 Å². The molecule has 1 aliphatic heterocycles. The van der Waals surface area contributed by atoms with Gasteiger partial charge in [-0.25, -0.2) is 4.98 Å². The molecule has 4 aromatic rings. The van der Waals surface area contributed by atoms with Crippen LogP contribution < -0.4 is 10.5 Å². The van der Waals surface area contributed by atoms with Gasteiger partial charge in [0.05, 0.1) is 22.0 Å². The fourth-order valence-electron chi connectivity index (χ4n) is 3.63. The van der Waals surface area contributed by atoms with Gasteiger partial charge in [0.1, 0.15) is 30.0 Å². The van der Waals surface area contributed by atoms with Crippen molar-refractivity contribution in [2.75, 3.05) is 12.3 Å². The molecule has 2 atom stereocenters. The average molecular weight is 430 g/mol. The molecule has 29 heavy (non-hydrogen) atoms. The Bertz CT molecular complexity index is 1210. The third-order valence-electron chi connectivity index (χ3n) is 5.03. The molecular weight excluding hydrogens is 413 g/mol. The summed E-state index contributed by atoms with van der Waals surface area (Å²) in [5.41, 5.74) is 7.45. The van der Waals surface area contributed by atoms with Crippen LogP contribution >= 0.6 is 23.2 Å². The van der Waals surface area contributed by atoms with Crippen molar-refractivity contribution in [1.29, 1.82) is 0 Å². The van der Waals surface area contributed by atoms with Crippen LogP contribution in [0.3, 0.4) is 0 Å². The van der Waals surface area contributed by atoms with E-state index in [4.69, 9.17) is 38.4 Å². The summed E-state index contributed by atoms with van der Waals surface area (Å²) in [5.74, 6) is 1.11. The minimum atomic E-state index is -0.146. The Balaban J connectivity index is 1.28. The highest BCUT2D eigenvalue weighted by molar-refractivity contribution is 6.31. The quantitative estimate of drug-likeness (QED) is 0.475. The highest BCUT2D eigenvalue weighted by Gasteiger charge is 2.28. The second-order valence-corrected chi connectivity index (χ2v) is 7.72. The number of hydrogen-bond donors (Lipinski definition) is 1. The number of benzene rings is 1. The first-order valence-corrected chi connectivity index (χ1v) is 9.95. The Hall–Kier alpha value is -2.61. The van der Waals surface area contributed by atoms with Crippen LogP contribution in [0.15, 0.2) is 42.7 Å². The Morgan fingerprint density at radius 2 is 2.07 bits per heavy atom. The number of halogens is 2. The molecule has 0 amide bonds. The van der Waals surface area contributed by atoms with Crippen LogP contribution in [-0.4, -0.2) is 32.2 Å². The van der Waals surface area contributed by atoms with Crippen LogP contribution in [0.5, 0.6) is 5.75 Å². The van der Waals surface area contributed by atoms with E-state index in [2.05, 4.69) is 15.0 Å². The van der Waals surface area contributed by atoms with Gasteiger partial charge in [-0.1, -0.05) is 11.6 Å². The zero-order chi connectivity index (χ0) is 20.0. The zero-order valence-corrected chi connectivity index (χ0v) is 16.8. The van der Waals surface area contributed by atoms with Gasteiger partial charge >= 0.3 is 0 Å². The maximum absolute atomic E-state index is 6.18. The largest absolute Gasteiger partial charge is 0.491 e. The number of rotatable bonds is 4. The van der Waals surface area contributed by atoms with E-state index in [1.54, 1.807) is 6.20 Å². The van der Waals surface area contributed by atoms with E-state index in [-0.39, 0.29) is 17.6 Å². The average Bonchev–Trinajstić information content (AvgIpc) is 3.33. The van der Waals surface area contributed by atoms with E-state index in [1.807, 2.05) is 41.1 Å². The summed E-state index contributed by atoms with van der Waals surface area (Å²) in [6.07, 6.45) is 5.08. The Morgan fingerprint density at radius 1 is 1.17 bits per heavy atom. The molecule has 1 aromatic carbocycles. The molecule has 0 spiro atoms. The monoisotopic (exact) mass is 429 g/mol. The lowest BCUT2D eigenvalue weighted by Gasteiger charge is -2.16. The summed E-state index contributed by atoms with van der Waals surface area (Å²) in [5, 5.41) is 2.48. The highest BCUT2D eigenvalue weighted by atomic mass is 35.5. The molecule has 148 valence electrons. The van der Waals surface area contributed by atoms with E-state index < -0.39 is 0 Å². The summed E-state index contributed by atoms with van der Waals surface area (Å²) in [7, 11) is 0. The minimum Gasteiger partial charge on any atom is -0.491 e. The van der Waals surface area contributed by atoms with Crippen molar-refractivity contribution in [3.05, 3.63) is 53.0 Å². The Kier molecular flexibility index (Phi) is 4.66. The van der Waals surface area contributed by atoms with Gasteiger partial charge in [0.25, 0.3) is 0 Å². The van der Waals surface area contributed by atoms with Crippen molar-refractivity contribution in [2.45, 2.75) is 25.2 Å². The molecule has 7 nitrogen and oxygen atoms in total. The first-order chi connectivity index (χ1) is 14.1. The number of anilines is 1. The van der Waals surface area contributed by atoms with Gasteiger partial charge in [0, 0.05) is 23.8 Å². The molecule has 1 saturated heterocycles. The minimum absolute atomic E-state index is 0.0269. The molecule has 0 bridgehead atoms. The highest BCUT2D eigenvalue weighted by Crippen LogP contribution is 2.33. The topological polar surface area (TPSA) is 88.1 Å². The molecule has 4 heterocycles. The predicted molar refractivity (Wildman–Crippen MR) is 112 cm³/mol. The van der Waals surface area contributed by atoms with E-state index in [0.717, 1.165) is 34.9 Å². The molecule has 5 rings (SSSR count). The van der Waals surface area contributed by atoms with Gasteiger partial charge in [-0.15, -0.1) is 0 Å². The maximum Gasteiger partial charge on any atom is 0.226 e. The third kappa shape index (κ3) is 3.57. The third-order valence-corrected chi connectivity index (χ3v) is 5.40. The number of fused-ring (bicyclic) bond motifs is 2. The van der Waals surface area contributed by atoms with Crippen molar-refractivity contribution in [1.82, 2.24) is 19.5 Å². The molecule has 0 radical (unpaired) electrons. The number of nitrogens with zero attached hydrogens (tertiary/aromatic N) is 4. The molecule has 0 saturated carbocycles. The molecule has 2 N–H and O–H groups in total. The molecular formula is C20H17Cl2N5O2. The van der Waals surface area contributed by atoms with Crippen LogP contribution in [0.2, 0.25) is 10.3 Å². The summed E-state index contributed by atoms with van der Waals surface area (Å²) < 4.78 is 14.1. The van der Waals surface area contributed by atoms with Gasteiger partial charge in [-0.3, -0.25) is 4.98 Å². The second-order valence-electron chi connectivity index (χ2n) is 6.95. The summed E-state index contributed by atoms with van der Waals surface area (Å²) in [4.78, 5) is 12.6. The summed E-state index contributed by atoms with van der Waals surface area (Å²) in [6, 6.07) is 9.51. The van der Waals surface area contributed by atoms with E-state index in [0.29, 0.717) is 23.1 Å². The van der Waals surface area contributed by atoms with Crippen LogP contribution in [0.25, 0.3) is 21.9 Å². The van der Waals surface area contributed by atoms with Crippen LogP contribution in [0.1, 0.15) is 19.1 Å². The van der Waals surface area contributed by atoms with Crippen LogP contribution in [0.4, 0.5) is 5.82 Å². The van der Waals surface area contributed by atoms with Gasteiger partial charge < -0.3 is 19.8 Å². The van der Waals surface area contributed by atoms with Crippen molar-refractivity contribution >= 4 is 51.0 Å². The number of ether oxygens (including phenoxy) is 2. The predicted octanol–water partition coefficient (Wildman–Crippen LogP) is 4.63. The Morgan fingerprint density at radius 3 is 2.97 bits per heavy atom. The van der Waals surface area contributed by atoms with E-state index in [1.165, 1.54) is 0 Å². The lowest BCUT2D eigenvalue weighted by molar-refractivity contribution is -0.0156. The molecule has 1 fully saturated rings. The Labute approximate surface area is 176 Å². The fourth-order valence-corrected chi connectivity index (χ4v) is 3.97. The van der Waals surface area contributed by atoms with Gasteiger partial charge in [0.2, 0.25) is 5.28 Å². The second kappa shape index (κ2) is 7.33. The molecule has 3 aromatic heterocycles. The smallest absolute Gasteiger partial charge is 0.226 e. The lowest BCUT2D eigenvalue weighted by atomic mass is 10.2. The van der Waals surface area contributed by atoms with Gasteiger partial charge in [0.15, 0.2) is 0 Å². The van der Waals surface area contributed by atoms with Crippen molar-refractivity contribution in [3.8, 4) is 5.75 Å². The number of pyridine rings is 1. The van der Waals surface area contributed by atoms with Crippen LogP contribution in [-0.2, 0) is 4.74 Å². The first kappa shape index (κ1) is 18.4. The zero-order valence-electron chi connectivity index (χ0n) is 15.3. The molecule has 0 unspecified atom stereocenters. The molecule has 9 heteroatoms. The SMILES string of the molecule is Nc1nc(Cl)nc2c1ccn2[C@H]1CC[C@@H](COc2ccc3cc(Cl)cnc3c2)O1. The number of nitrogen functional groups attached to an aromatic ring is 1. The van der Waals surface area contributed by atoms with Crippen molar-refractivity contribution in [3.63, 3.8) is 0 Å². The van der Waals surface area contributed by atoms with Crippen molar-refractivity contribution in [2.24, 2.45) is 0 Å². The number of aromatic nitrogens is 4. The number of nitrogens with two attached hydrogens (primary N) is 1. The summed E-state index contributed by atoms with van der Waals surface area (Å²) >= 11 is 11.9. The molecule has 0 aliphatic carbocycles. The van der Waals surface area contributed by atoms with Crippen molar-refractivity contribution < 1.29 is 9.47 Å². The standard InChI is InChI=1S/C20H17Cl2N5O2/c21-12-7-11-1-2-13(8-16(11)24-9-12)28-10-14-3-4-17(29-14)27-6-5-15-18(23)25-20(22)26-19(15)27/h1-2,5-9,14,17H,3-4,10H2,(H2,23,25,26)/t14-,17+/m0/s1.